The summed E-state index contributed by atoms with van der Waals surface area (Å²) in [6, 6.07) is 0. The van der Waals surface area contributed by atoms with Gasteiger partial charge in [-0.3, -0.25) is 4.79 Å². The maximum absolute atomic E-state index is 11.5. The van der Waals surface area contributed by atoms with E-state index in [2.05, 4.69) is 20.8 Å². The highest BCUT2D eigenvalue weighted by atomic mass is 16.4. The molecule has 29 heavy (non-hydrogen) atoms. The molecule has 4 rings (SSSR count). The van der Waals surface area contributed by atoms with Crippen molar-refractivity contribution in [2.24, 2.45) is 46.3 Å². The van der Waals surface area contributed by atoms with Gasteiger partial charge < -0.3 is 20.4 Å². The zero-order valence-electron chi connectivity index (χ0n) is 18.3. The second kappa shape index (κ2) is 7.49. The van der Waals surface area contributed by atoms with Crippen molar-refractivity contribution < 1.29 is 25.2 Å². The van der Waals surface area contributed by atoms with Gasteiger partial charge in [-0.15, -0.1) is 0 Å². The summed E-state index contributed by atoms with van der Waals surface area (Å²) in [6.07, 6.45) is 6.00. The molecule has 0 aliphatic heterocycles. The molecule has 0 bridgehead atoms. The molecule has 166 valence electrons. The fourth-order valence-corrected chi connectivity index (χ4v) is 8.68. The van der Waals surface area contributed by atoms with Gasteiger partial charge in [-0.05, 0) is 97.7 Å². The molecular formula is C24H40O5. The van der Waals surface area contributed by atoms with E-state index in [4.69, 9.17) is 5.11 Å². The predicted octanol–water partition coefficient (Wildman–Crippen LogP) is 3.45. The molecule has 4 fully saturated rings. The van der Waals surface area contributed by atoms with Crippen molar-refractivity contribution in [2.75, 3.05) is 0 Å². The first-order chi connectivity index (χ1) is 13.6. The van der Waals surface area contributed by atoms with Gasteiger partial charge >= 0.3 is 5.97 Å². The van der Waals surface area contributed by atoms with Gasteiger partial charge in [0, 0.05) is 6.42 Å². The Kier molecular flexibility index (Phi) is 5.57. The first-order valence-electron chi connectivity index (χ1n) is 11.8. The Labute approximate surface area is 174 Å². The molecule has 0 unspecified atom stereocenters. The van der Waals surface area contributed by atoms with Crippen molar-refractivity contribution in [3.63, 3.8) is 0 Å². The lowest BCUT2D eigenvalue weighted by Crippen LogP contribution is -2.62. The third-order valence-electron chi connectivity index (χ3n) is 10.3. The fourth-order valence-electron chi connectivity index (χ4n) is 8.68. The van der Waals surface area contributed by atoms with Crippen molar-refractivity contribution in [1.29, 1.82) is 0 Å². The number of carbonyl (C=O) groups is 1. The molecule has 4 aliphatic rings. The van der Waals surface area contributed by atoms with Crippen LogP contribution in [0.1, 0.15) is 78.6 Å². The first-order valence-corrected chi connectivity index (χ1v) is 11.8. The molecule has 0 saturated heterocycles. The van der Waals surface area contributed by atoms with Crippen LogP contribution in [0.15, 0.2) is 0 Å². The number of fused-ring (bicyclic) bond motifs is 5. The van der Waals surface area contributed by atoms with E-state index in [0.29, 0.717) is 30.1 Å². The summed E-state index contributed by atoms with van der Waals surface area (Å²) in [4.78, 5) is 11.1. The van der Waals surface area contributed by atoms with Crippen LogP contribution in [-0.4, -0.2) is 44.7 Å². The largest absolute Gasteiger partial charge is 0.481 e. The highest BCUT2D eigenvalue weighted by molar-refractivity contribution is 5.66. The van der Waals surface area contributed by atoms with Gasteiger partial charge in [0.2, 0.25) is 0 Å². The van der Waals surface area contributed by atoms with Crippen LogP contribution in [0, 0.1) is 46.3 Å². The topological polar surface area (TPSA) is 98.0 Å². The van der Waals surface area contributed by atoms with Crippen LogP contribution >= 0.6 is 0 Å². The summed E-state index contributed by atoms with van der Waals surface area (Å²) in [5.74, 6) is 0.997. The number of aliphatic hydroxyl groups is 3. The van der Waals surface area contributed by atoms with Crippen molar-refractivity contribution >= 4 is 5.97 Å². The quantitative estimate of drug-likeness (QED) is 0.571. The highest BCUT2D eigenvalue weighted by Gasteiger charge is 2.65. The van der Waals surface area contributed by atoms with Crippen LogP contribution in [0.25, 0.3) is 0 Å². The minimum absolute atomic E-state index is 0.0957. The Morgan fingerprint density at radius 1 is 1.03 bits per heavy atom. The molecule has 0 aromatic rings. The van der Waals surface area contributed by atoms with Gasteiger partial charge in [0.15, 0.2) is 0 Å². The summed E-state index contributed by atoms with van der Waals surface area (Å²) < 4.78 is 0. The van der Waals surface area contributed by atoms with Gasteiger partial charge in [-0.1, -0.05) is 20.8 Å². The van der Waals surface area contributed by atoms with Crippen LogP contribution in [0.3, 0.4) is 0 Å². The molecule has 4 N–H and O–H groups in total. The average Bonchev–Trinajstić information content (AvgIpc) is 3.01. The van der Waals surface area contributed by atoms with Gasteiger partial charge in [0.25, 0.3) is 0 Å². The minimum atomic E-state index is -0.748. The monoisotopic (exact) mass is 408 g/mol. The molecule has 5 nitrogen and oxygen atoms in total. The van der Waals surface area contributed by atoms with E-state index in [1.165, 1.54) is 0 Å². The minimum Gasteiger partial charge on any atom is -0.481 e. The summed E-state index contributed by atoms with van der Waals surface area (Å²) in [6.45, 7) is 6.72. The van der Waals surface area contributed by atoms with Gasteiger partial charge in [-0.25, -0.2) is 0 Å². The van der Waals surface area contributed by atoms with E-state index in [9.17, 15) is 20.1 Å². The van der Waals surface area contributed by atoms with Gasteiger partial charge in [0.05, 0.1) is 18.3 Å². The van der Waals surface area contributed by atoms with E-state index in [0.717, 1.165) is 44.9 Å². The Hall–Kier alpha value is -0.650. The van der Waals surface area contributed by atoms with Crippen molar-refractivity contribution in [2.45, 2.75) is 96.9 Å². The van der Waals surface area contributed by atoms with Crippen LogP contribution in [0.2, 0.25) is 0 Å². The van der Waals surface area contributed by atoms with E-state index in [1.807, 2.05) is 0 Å². The normalized spacial score (nSPS) is 52.9. The van der Waals surface area contributed by atoms with Gasteiger partial charge in [-0.2, -0.15) is 0 Å². The molecule has 0 aromatic carbocycles. The summed E-state index contributed by atoms with van der Waals surface area (Å²) >= 11 is 0. The van der Waals surface area contributed by atoms with E-state index in [-0.39, 0.29) is 41.3 Å². The number of rotatable bonds is 4. The van der Waals surface area contributed by atoms with E-state index >= 15 is 0 Å². The Bertz CT molecular complexity index is 637. The van der Waals surface area contributed by atoms with Crippen LogP contribution in [0.5, 0.6) is 0 Å². The molecule has 0 amide bonds. The van der Waals surface area contributed by atoms with Crippen molar-refractivity contribution in [3.05, 3.63) is 0 Å². The molecule has 5 heteroatoms. The lowest BCUT2D eigenvalue weighted by atomic mass is 9.43. The van der Waals surface area contributed by atoms with Gasteiger partial charge in [0.1, 0.15) is 0 Å². The zero-order valence-corrected chi connectivity index (χ0v) is 18.3. The Balaban J connectivity index is 1.61. The van der Waals surface area contributed by atoms with Crippen molar-refractivity contribution in [3.8, 4) is 0 Å². The van der Waals surface area contributed by atoms with E-state index < -0.39 is 12.1 Å². The summed E-state index contributed by atoms with van der Waals surface area (Å²) in [5.41, 5.74) is -0.143. The number of carboxylic acids is 1. The third-order valence-corrected chi connectivity index (χ3v) is 10.3. The van der Waals surface area contributed by atoms with Crippen LogP contribution in [-0.2, 0) is 4.79 Å². The first kappa shape index (κ1) is 21.6. The molecule has 4 saturated carbocycles. The van der Waals surface area contributed by atoms with Crippen molar-refractivity contribution in [1.82, 2.24) is 0 Å². The fraction of sp³-hybridized carbons (Fsp3) is 0.958. The zero-order chi connectivity index (χ0) is 21.1. The molecule has 4 aliphatic carbocycles. The molecular weight excluding hydrogens is 368 g/mol. The average molecular weight is 409 g/mol. The SMILES string of the molecule is C[C@@H](CCC(=O)O)[C@H]1CC[C@@H]2[C@@H]3[C@@H](C[C@H](O)[C@@]21C)[C@@]1(C)CC[C@H](O)C[C@@H]1C[C@@H]3O. The van der Waals surface area contributed by atoms with E-state index in [1.54, 1.807) is 0 Å². The molecule has 0 heterocycles. The summed E-state index contributed by atoms with van der Waals surface area (Å²) in [7, 11) is 0. The molecule has 0 radical (unpaired) electrons. The number of carboxylic acid groups (broad SMARTS) is 1. The lowest BCUT2D eigenvalue weighted by Gasteiger charge is -2.63. The highest BCUT2D eigenvalue weighted by Crippen LogP contribution is 2.68. The second-order valence-corrected chi connectivity index (χ2v) is 11.4. The molecule has 11 atom stereocenters. The Morgan fingerprint density at radius 2 is 1.76 bits per heavy atom. The number of hydrogen-bond acceptors (Lipinski definition) is 4. The summed E-state index contributed by atoms with van der Waals surface area (Å²) in [5, 5.41) is 42.0. The maximum Gasteiger partial charge on any atom is 0.303 e. The molecule has 0 spiro atoms. The number of hydrogen-bond donors (Lipinski definition) is 4. The van der Waals surface area contributed by atoms with Crippen LogP contribution < -0.4 is 0 Å². The maximum atomic E-state index is 11.5. The second-order valence-electron chi connectivity index (χ2n) is 11.4. The standard InChI is InChI=1S/C24H40O5/c1-13(4-7-21(28)29)16-5-6-17-22-18(12-20(27)24(16,17)3)23(2)9-8-15(25)10-14(23)11-19(22)26/h13-20,22,25-27H,4-12H2,1-3H3,(H,28,29)/t13-,14+,15-,16+,17+,18+,19-,20-,22+,23-,24+/m0/s1. The lowest BCUT2D eigenvalue weighted by molar-refractivity contribution is -0.207. The number of aliphatic hydroxyl groups excluding tert-OH is 3. The van der Waals surface area contributed by atoms with Crippen LogP contribution in [0.4, 0.5) is 0 Å². The Morgan fingerprint density at radius 3 is 2.45 bits per heavy atom. The smallest absolute Gasteiger partial charge is 0.303 e. The molecule has 0 aromatic heterocycles. The number of aliphatic carboxylic acids is 1. The third kappa shape index (κ3) is 3.27. The predicted molar refractivity (Wildman–Crippen MR) is 110 cm³/mol.